The number of Topliss-reactive ketones (excluding diaryl/α,β-unsaturated/α-hetero) is 1. The number of hydrogen-bond acceptors (Lipinski definition) is 2. The zero-order valence-electron chi connectivity index (χ0n) is 15.1. The largest absolute Gasteiger partial charge is 0.370 e. The summed E-state index contributed by atoms with van der Waals surface area (Å²) < 4.78 is 0. The van der Waals surface area contributed by atoms with E-state index in [-0.39, 0.29) is 11.7 Å². The molecule has 2 heteroatoms. The third-order valence-electron chi connectivity index (χ3n) is 5.32. The van der Waals surface area contributed by atoms with Gasteiger partial charge in [0.15, 0.2) is 5.78 Å². The van der Waals surface area contributed by atoms with Gasteiger partial charge in [0.1, 0.15) is 0 Å². The van der Waals surface area contributed by atoms with E-state index in [4.69, 9.17) is 0 Å². The Morgan fingerprint density at radius 3 is 2.42 bits per heavy atom. The highest BCUT2D eigenvalue weighted by Gasteiger charge is 2.28. The van der Waals surface area contributed by atoms with Crippen molar-refractivity contribution in [3.05, 3.63) is 101 Å². The van der Waals surface area contributed by atoms with Crippen molar-refractivity contribution in [1.82, 2.24) is 0 Å². The van der Waals surface area contributed by atoms with Crippen molar-refractivity contribution in [2.75, 3.05) is 18.0 Å². The molecule has 0 radical (unpaired) electrons. The number of fused-ring (bicyclic) bond motifs is 1. The first-order valence-electron chi connectivity index (χ1n) is 9.21. The molecule has 1 aliphatic rings. The quantitative estimate of drug-likeness (QED) is 0.607. The van der Waals surface area contributed by atoms with E-state index >= 15 is 0 Å². The maximum Gasteiger partial charge on any atom is 0.172 e. The Bertz CT molecular complexity index is 916. The monoisotopic (exact) mass is 341 g/mol. The van der Waals surface area contributed by atoms with Crippen LogP contribution in [0, 0.1) is 6.92 Å². The first kappa shape index (κ1) is 16.6. The number of para-hydroxylation sites is 1. The smallest absolute Gasteiger partial charge is 0.172 e. The van der Waals surface area contributed by atoms with Gasteiger partial charge < -0.3 is 4.90 Å². The normalized spacial score (nSPS) is 14.1. The molecule has 0 spiro atoms. The summed E-state index contributed by atoms with van der Waals surface area (Å²) >= 11 is 0. The first-order chi connectivity index (χ1) is 12.7. The Kier molecular flexibility index (Phi) is 4.57. The molecule has 0 saturated heterocycles. The highest BCUT2D eigenvalue weighted by Crippen LogP contribution is 2.31. The molecule has 2 nitrogen and oxygen atoms in total. The molecule has 0 aliphatic carbocycles. The Hall–Kier alpha value is -2.87. The van der Waals surface area contributed by atoms with E-state index in [0.29, 0.717) is 6.54 Å². The van der Waals surface area contributed by atoms with Crippen LogP contribution in [-0.4, -0.2) is 18.9 Å². The van der Waals surface area contributed by atoms with E-state index < -0.39 is 0 Å². The van der Waals surface area contributed by atoms with Crippen LogP contribution < -0.4 is 4.90 Å². The van der Waals surface area contributed by atoms with Gasteiger partial charge in [0.2, 0.25) is 0 Å². The summed E-state index contributed by atoms with van der Waals surface area (Å²) in [5, 5.41) is 0. The highest BCUT2D eigenvalue weighted by atomic mass is 16.1. The second-order valence-corrected chi connectivity index (χ2v) is 6.97. The van der Waals surface area contributed by atoms with Crippen LogP contribution in [-0.2, 0) is 6.42 Å². The van der Waals surface area contributed by atoms with E-state index in [1.807, 2.05) is 49.4 Å². The van der Waals surface area contributed by atoms with E-state index in [2.05, 4.69) is 41.3 Å². The molecule has 1 atom stereocenters. The lowest BCUT2D eigenvalue weighted by Crippen LogP contribution is -2.31. The number of hydrogen-bond donors (Lipinski definition) is 0. The van der Waals surface area contributed by atoms with Crippen LogP contribution in [0.4, 0.5) is 5.69 Å². The molecule has 1 unspecified atom stereocenters. The number of carbonyl (C=O) groups excluding carboxylic acids is 1. The topological polar surface area (TPSA) is 20.3 Å². The summed E-state index contributed by atoms with van der Waals surface area (Å²) in [4.78, 5) is 15.8. The summed E-state index contributed by atoms with van der Waals surface area (Å²) in [6, 6.07) is 26.6. The van der Waals surface area contributed by atoms with Crippen LogP contribution >= 0.6 is 0 Å². The zero-order chi connectivity index (χ0) is 17.9. The second kappa shape index (κ2) is 7.17. The van der Waals surface area contributed by atoms with Gasteiger partial charge in [0.25, 0.3) is 0 Å². The van der Waals surface area contributed by atoms with E-state index in [1.54, 1.807) is 0 Å². The molecule has 4 rings (SSSR count). The van der Waals surface area contributed by atoms with Crippen LogP contribution in [0.15, 0.2) is 78.9 Å². The minimum absolute atomic E-state index is 0.163. The van der Waals surface area contributed by atoms with Gasteiger partial charge in [0, 0.05) is 24.3 Å². The molecule has 130 valence electrons. The predicted molar refractivity (Wildman–Crippen MR) is 107 cm³/mol. The van der Waals surface area contributed by atoms with Gasteiger partial charge in [-0.05, 0) is 36.1 Å². The molecular formula is C24H23NO. The minimum Gasteiger partial charge on any atom is -0.370 e. The van der Waals surface area contributed by atoms with Crippen molar-refractivity contribution in [3.8, 4) is 0 Å². The third kappa shape index (κ3) is 3.15. The van der Waals surface area contributed by atoms with Gasteiger partial charge in [-0.15, -0.1) is 0 Å². The number of aryl methyl sites for hydroxylation is 1. The van der Waals surface area contributed by atoms with Gasteiger partial charge in [-0.3, -0.25) is 4.79 Å². The van der Waals surface area contributed by atoms with Crippen LogP contribution in [0.3, 0.4) is 0 Å². The van der Waals surface area contributed by atoms with Crippen LogP contribution in [0.1, 0.15) is 33.0 Å². The van der Waals surface area contributed by atoms with E-state index in [1.165, 1.54) is 11.3 Å². The van der Waals surface area contributed by atoms with Crippen molar-refractivity contribution in [2.45, 2.75) is 19.3 Å². The predicted octanol–water partition coefficient (Wildman–Crippen LogP) is 5.02. The fourth-order valence-corrected chi connectivity index (χ4v) is 3.88. The van der Waals surface area contributed by atoms with Crippen LogP contribution in [0.25, 0.3) is 0 Å². The zero-order valence-corrected chi connectivity index (χ0v) is 15.1. The average Bonchev–Trinajstić information content (AvgIpc) is 3.10. The number of anilines is 1. The summed E-state index contributed by atoms with van der Waals surface area (Å²) in [6.07, 6.45) is 1.05. The Balaban J connectivity index is 1.69. The summed E-state index contributed by atoms with van der Waals surface area (Å²) in [5.41, 5.74) is 5.60. The molecule has 0 fully saturated rings. The van der Waals surface area contributed by atoms with E-state index in [0.717, 1.165) is 29.7 Å². The van der Waals surface area contributed by atoms with Crippen molar-refractivity contribution in [3.63, 3.8) is 0 Å². The van der Waals surface area contributed by atoms with Crippen molar-refractivity contribution >= 4 is 11.5 Å². The molecule has 0 saturated carbocycles. The molecule has 0 N–H and O–H groups in total. The molecule has 0 bridgehead atoms. The van der Waals surface area contributed by atoms with Crippen molar-refractivity contribution in [1.29, 1.82) is 0 Å². The number of benzene rings is 3. The molecule has 0 amide bonds. The SMILES string of the molecule is Cc1ccccc1C(=O)C(CN1CCc2ccccc21)c1ccccc1. The Morgan fingerprint density at radius 2 is 1.62 bits per heavy atom. The van der Waals surface area contributed by atoms with Crippen LogP contribution in [0.2, 0.25) is 0 Å². The van der Waals surface area contributed by atoms with Gasteiger partial charge in [-0.25, -0.2) is 0 Å². The van der Waals surface area contributed by atoms with E-state index in [9.17, 15) is 4.79 Å². The van der Waals surface area contributed by atoms with Crippen molar-refractivity contribution in [2.24, 2.45) is 0 Å². The summed E-state index contributed by atoms with van der Waals surface area (Å²) in [6.45, 7) is 3.71. The Labute approximate surface area is 155 Å². The number of carbonyl (C=O) groups is 1. The number of rotatable bonds is 5. The summed E-state index contributed by atoms with van der Waals surface area (Å²) in [7, 11) is 0. The maximum atomic E-state index is 13.4. The fraction of sp³-hybridized carbons (Fsp3) is 0.208. The van der Waals surface area contributed by atoms with Gasteiger partial charge in [-0.2, -0.15) is 0 Å². The molecule has 26 heavy (non-hydrogen) atoms. The first-order valence-corrected chi connectivity index (χ1v) is 9.21. The molecule has 0 aromatic heterocycles. The third-order valence-corrected chi connectivity index (χ3v) is 5.32. The lowest BCUT2D eigenvalue weighted by molar-refractivity contribution is 0.0961. The number of ketones is 1. The molecule has 1 aliphatic heterocycles. The van der Waals surface area contributed by atoms with Crippen molar-refractivity contribution < 1.29 is 4.79 Å². The number of nitrogens with zero attached hydrogens (tertiary/aromatic N) is 1. The molecule has 1 heterocycles. The maximum absolute atomic E-state index is 13.4. The van der Waals surface area contributed by atoms with Gasteiger partial charge in [0.05, 0.1) is 5.92 Å². The summed E-state index contributed by atoms with van der Waals surface area (Å²) in [5.74, 6) is 0.0436. The lowest BCUT2D eigenvalue weighted by atomic mass is 9.88. The standard InChI is InChI=1S/C24H23NO/c1-18-9-5-7-13-21(18)24(26)22(19-10-3-2-4-11-19)17-25-16-15-20-12-6-8-14-23(20)25/h2-14,22H,15-17H2,1H3. The lowest BCUT2D eigenvalue weighted by Gasteiger charge is -2.26. The average molecular weight is 341 g/mol. The van der Waals surface area contributed by atoms with Gasteiger partial charge in [-0.1, -0.05) is 72.8 Å². The molecule has 3 aromatic rings. The molecular weight excluding hydrogens is 318 g/mol. The van der Waals surface area contributed by atoms with Gasteiger partial charge >= 0.3 is 0 Å². The highest BCUT2D eigenvalue weighted by molar-refractivity contribution is 6.02. The second-order valence-electron chi connectivity index (χ2n) is 6.97. The van der Waals surface area contributed by atoms with Crippen LogP contribution in [0.5, 0.6) is 0 Å². The Morgan fingerprint density at radius 1 is 0.923 bits per heavy atom. The molecule has 3 aromatic carbocycles. The minimum atomic E-state index is -0.163. The fourth-order valence-electron chi connectivity index (χ4n) is 3.88.